The van der Waals surface area contributed by atoms with E-state index in [2.05, 4.69) is 47.5 Å². The van der Waals surface area contributed by atoms with Gasteiger partial charge in [0.1, 0.15) is 0 Å². The number of nitrogens with zero attached hydrogens (tertiary/aromatic N) is 2. The van der Waals surface area contributed by atoms with Crippen LogP contribution in [0.25, 0.3) is 11.3 Å². The zero-order chi connectivity index (χ0) is 18.9. The zero-order valence-corrected chi connectivity index (χ0v) is 17.3. The first-order valence-electron chi connectivity index (χ1n) is 11.1. The van der Waals surface area contributed by atoms with E-state index in [4.69, 9.17) is 0 Å². The fraction of sp³-hybridized carbons (Fsp3) is 0.600. The highest BCUT2D eigenvalue weighted by atomic mass is 15.1. The molecule has 3 rings (SSSR count). The second kappa shape index (κ2) is 10.6. The molecule has 0 aliphatic heterocycles. The second-order valence-corrected chi connectivity index (χ2v) is 8.53. The van der Waals surface area contributed by atoms with Crippen LogP contribution in [0.15, 0.2) is 36.4 Å². The van der Waals surface area contributed by atoms with Crippen molar-refractivity contribution in [2.24, 2.45) is 11.8 Å². The molecule has 0 bridgehead atoms. The fourth-order valence-electron chi connectivity index (χ4n) is 4.43. The van der Waals surface area contributed by atoms with Crippen molar-refractivity contribution in [2.75, 3.05) is 0 Å². The number of aryl methyl sites for hydroxylation is 2. The Hall–Kier alpha value is -1.70. The highest BCUT2D eigenvalue weighted by molar-refractivity contribution is 5.58. The van der Waals surface area contributed by atoms with Crippen LogP contribution >= 0.6 is 0 Å². The van der Waals surface area contributed by atoms with E-state index in [1.807, 2.05) is 13.0 Å². The first-order chi connectivity index (χ1) is 13.2. The molecular weight excluding hydrogens is 328 g/mol. The molecular formula is C25H36N2. The summed E-state index contributed by atoms with van der Waals surface area (Å²) < 4.78 is 0. The Morgan fingerprint density at radius 3 is 2.11 bits per heavy atom. The van der Waals surface area contributed by atoms with Crippen molar-refractivity contribution < 1.29 is 0 Å². The maximum absolute atomic E-state index is 4.29. The SMILES string of the molecule is CCCCCCC1CCC(CCc2ccc(-c3ccc(C)nn3)cc2)CC1. The van der Waals surface area contributed by atoms with Gasteiger partial charge in [-0.1, -0.05) is 89.0 Å². The normalized spacial score (nSPS) is 19.9. The molecule has 0 atom stereocenters. The van der Waals surface area contributed by atoms with Crippen LogP contribution in [0, 0.1) is 18.8 Å². The topological polar surface area (TPSA) is 25.8 Å². The number of aromatic nitrogens is 2. The van der Waals surface area contributed by atoms with E-state index in [1.165, 1.54) is 76.2 Å². The Kier molecular flexibility index (Phi) is 7.86. The molecule has 0 radical (unpaired) electrons. The van der Waals surface area contributed by atoms with Crippen LogP contribution in [-0.4, -0.2) is 10.2 Å². The van der Waals surface area contributed by atoms with E-state index in [0.717, 1.165) is 28.8 Å². The Balaban J connectivity index is 1.39. The lowest BCUT2D eigenvalue weighted by Gasteiger charge is -2.28. The van der Waals surface area contributed by atoms with Gasteiger partial charge < -0.3 is 0 Å². The Labute approximate surface area is 165 Å². The summed E-state index contributed by atoms with van der Waals surface area (Å²) in [5.74, 6) is 1.97. The van der Waals surface area contributed by atoms with Gasteiger partial charge in [0.25, 0.3) is 0 Å². The predicted molar refractivity (Wildman–Crippen MR) is 115 cm³/mol. The van der Waals surface area contributed by atoms with Crippen molar-refractivity contribution >= 4 is 0 Å². The maximum atomic E-state index is 4.29. The van der Waals surface area contributed by atoms with Crippen molar-refractivity contribution in [1.29, 1.82) is 0 Å². The minimum atomic E-state index is 0.944. The van der Waals surface area contributed by atoms with Gasteiger partial charge in [-0.25, -0.2) is 0 Å². The number of hydrogen-bond acceptors (Lipinski definition) is 2. The minimum Gasteiger partial charge on any atom is -0.155 e. The molecule has 1 saturated carbocycles. The lowest BCUT2D eigenvalue weighted by atomic mass is 9.77. The number of unbranched alkanes of at least 4 members (excludes halogenated alkanes) is 3. The molecule has 0 amide bonds. The van der Waals surface area contributed by atoms with Crippen molar-refractivity contribution in [1.82, 2.24) is 10.2 Å². The standard InChI is InChI=1S/C25H36N2/c1-3-4-5-6-7-21-9-11-22(12-10-21)13-14-23-15-17-24(18-16-23)25-19-8-20(2)26-27-25/h8,15-19,21-22H,3-7,9-14H2,1-2H3. The monoisotopic (exact) mass is 364 g/mol. The fourth-order valence-corrected chi connectivity index (χ4v) is 4.43. The molecule has 0 N–H and O–H groups in total. The minimum absolute atomic E-state index is 0.944. The van der Waals surface area contributed by atoms with Gasteiger partial charge in [0.05, 0.1) is 11.4 Å². The Morgan fingerprint density at radius 1 is 0.778 bits per heavy atom. The molecule has 0 unspecified atom stereocenters. The molecule has 1 fully saturated rings. The first kappa shape index (κ1) is 20.0. The highest BCUT2D eigenvalue weighted by Gasteiger charge is 2.20. The lowest BCUT2D eigenvalue weighted by molar-refractivity contribution is 0.249. The predicted octanol–water partition coefficient (Wildman–Crippen LogP) is 7.16. The summed E-state index contributed by atoms with van der Waals surface area (Å²) >= 11 is 0. The number of rotatable bonds is 9. The maximum Gasteiger partial charge on any atom is 0.0929 e. The van der Waals surface area contributed by atoms with Gasteiger partial charge in [-0.05, 0) is 49.3 Å². The summed E-state index contributed by atoms with van der Waals surface area (Å²) in [5, 5.41) is 8.45. The van der Waals surface area contributed by atoms with E-state index in [0.29, 0.717) is 0 Å². The zero-order valence-electron chi connectivity index (χ0n) is 17.3. The van der Waals surface area contributed by atoms with Gasteiger partial charge in [0, 0.05) is 5.56 Å². The molecule has 27 heavy (non-hydrogen) atoms. The highest BCUT2D eigenvalue weighted by Crippen LogP contribution is 2.34. The van der Waals surface area contributed by atoms with Gasteiger partial charge in [-0.2, -0.15) is 10.2 Å². The Morgan fingerprint density at radius 2 is 1.48 bits per heavy atom. The van der Waals surface area contributed by atoms with E-state index in [1.54, 1.807) is 0 Å². The summed E-state index contributed by atoms with van der Waals surface area (Å²) in [6.45, 7) is 4.27. The van der Waals surface area contributed by atoms with Crippen molar-refractivity contribution in [2.45, 2.75) is 84.5 Å². The van der Waals surface area contributed by atoms with E-state index >= 15 is 0 Å². The Bertz CT molecular complexity index is 652. The van der Waals surface area contributed by atoms with Crippen LogP contribution in [0.3, 0.4) is 0 Å². The molecule has 1 aliphatic rings. The van der Waals surface area contributed by atoms with Crippen LogP contribution < -0.4 is 0 Å². The smallest absolute Gasteiger partial charge is 0.0929 e. The molecule has 146 valence electrons. The van der Waals surface area contributed by atoms with Gasteiger partial charge in [-0.3, -0.25) is 0 Å². The molecule has 0 saturated heterocycles. The third-order valence-corrected chi connectivity index (χ3v) is 6.32. The number of hydrogen-bond donors (Lipinski definition) is 0. The van der Waals surface area contributed by atoms with Crippen LogP contribution in [0.2, 0.25) is 0 Å². The summed E-state index contributed by atoms with van der Waals surface area (Å²) in [6.07, 6.45) is 15.6. The van der Waals surface area contributed by atoms with Gasteiger partial charge in [0.15, 0.2) is 0 Å². The van der Waals surface area contributed by atoms with Gasteiger partial charge >= 0.3 is 0 Å². The average Bonchev–Trinajstić information content (AvgIpc) is 2.72. The second-order valence-electron chi connectivity index (χ2n) is 8.53. The molecule has 1 heterocycles. The van der Waals surface area contributed by atoms with Crippen LogP contribution in [0.5, 0.6) is 0 Å². The van der Waals surface area contributed by atoms with Crippen LogP contribution in [-0.2, 0) is 6.42 Å². The number of benzene rings is 1. The van der Waals surface area contributed by atoms with Crippen molar-refractivity contribution in [3.8, 4) is 11.3 Å². The molecule has 2 aromatic rings. The molecule has 0 spiro atoms. The summed E-state index contributed by atoms with van der Waals surface area (Å²) in [6, 6.07) is 13.0. The quantitative estimate of drug-likeness (QED) is 0.441. The molecule has 1 aliphatic carbocycles. The van der Waals surface area contributed by atoms with Crippen molar-refractivity contribution in [3.63, 3.8) is 0 Å². The third-order valence-electron chi connectivity index (χ3n) is 6.32. The lowest BCUT2D eigenvalue weighted by Crippen LogP contribution is -2.15. The molecule has 2 nitrogen and oxygen atoms in total. The largest absolute Gasteiger partial charge is 0.155 e. The van der Waals surface area contributed by atoms with Gasteiger partial charge in [0.2, 0.25) is 0 Å². The summed E-state index contributed by atoms with van der Waals surface area (Å²) in [7, 11) is 0. The summed E-state index contributed by atoms with van der Waals surface area (Å²) in [4.78, 5) is 0. The van der Waals surface area contributed by atoms with Crippen LogP contribution in [0.4, 0.5) is 0 Å². The molecule has 2 heteroatoms. The third kappa shape index (κ3) is 6.45. The van der Waals surface area contributed by atoms with Crippen LogP contribution in [0.1, 0.15) is 82.4 Å². The van der Waals surface area contributed by atoms with E-state index < -0.39 is 0 Å². The molecule has 1 aromatic carbocycles. The van der Waals surface area contributed by atoms with E-state index in [9.17, 15) is 0 Å². The average molecular weight is 365 g/mol. The molecule has 1 aromatic heterocycles. The van der Waals surface area contributed by atoms with Crippen molar-refractivity contribution in [3.05, 3.63) is 47.7 Å². The summed E-state index contributed by atoms with van der Waals surface area (Å²) in [5.41, 5.74) is 4.55. The van der Waals surface area contributed by atoms with E-state index in [-0.39, 0.29) is 0 Å². The first-order valence-corrected chi connectivity index (χ1v) is 11.1. The van der Waals surface area contributed by atoms with Gasteiger partial charge in [-0.15, -0.1) is 0 Å².